The number of hydrogen-bond donors (Lipinski definition) is 2. The van der Waals surface area contributed by atoms with Gasteiger partial charge >= 0.3 is 6.03 Å². The second-order valence-electron chi connectivity index (χ2n) is 6.95. The Morgan fingerprint density at radius 1 is 1.00 bits per heavy atom. The van der Waals surface area contributed by atoms with Gasteiger partial charge in [-0.25, -0.2) is 4.79 Å². The fraction of sp³-hybridized carbons (Fsp3) is 0.273. The van der Waals surface area contributed by atoms with E-state index in [2.05, 4.69) is 10.6 Å². The number of aromatic nitrogens is 1. The second-order valence-corrected chi connectivity index (χ2v) is 6.95. The van der Waals surface area contributed by atoms with Crippen molar-refractivity contribution in [2.24, 2.45) is 5.92 Å². The first-order valence-electron chi connectivity index (χ1n) is 9.41. The summed E-state index contributed by atoms with van der Waals surface area (Å²) in [5, 5.41) is 6.99. The van der Waals surface area contributed by atoms with Gasteiger partial charge in [0, 0.05) is 23.5 Å². The average Bonchev–Trinajstić information content (AvgIpc) is 2.67. The van der Waals surface area contributed by atoms with Crippen molar-refractivity contribution in [3.05, 3.63) is 65.1 Å². The van der Waals surface area contributed by atoms with Crippen molar-refractivity contribution in [3.8, 4) is 5.75 Å². The Hall–Kier alpha value is -3.28. The molecule has 0 unspecified atom stereocenters. The Labute approximate surface area is 164 Å². The monoisotopic (exact) mass is 379 g/mol. The number of carbonyl (C=O) groups excluding carboxylic acids is 1. The largest absolute Gasteiger partial charge is 0.492 e. The van der Waals surface area contributed by atoms with Gasteiger partial charge in [0.1, 0.15) is 5.75 Å². The molecular formula is C22H25N3O3. The molecule has 1 aromatic heterocycles. The highest BCUT2D eigenvalue weighted by Crippen LogP contribution is 2.25. The van der Waals surface area contributed by atoms with Crippen LogP contribution in [-0.2, 0) is 6.54 Å². The number of fused-ring (bicyclic) bond motifs is 1. The lowest BCUT2D eigenvalue weighted by atomic mass is 10.1. The number of nitrogens with zero attached hydrogens (tertiary/aromatic N) is 1. The number of carbonyl (C=O) groups is 1. The molecule has 146 valence electrons. The van der Waals surface area contributed by atoms with Crippen LogP contribution >= 0.6 is 0 Å². The van der Waals surface area contributed by atoms with Crippen molar-refractivity contribution < 1.29 is 9.53 Å². The molecule has 0 bridgehead atoms. The maximum atomic E-state index is 12.7. The van der Waals surface area contributed by atoms with E-state index in [4.69, 9.17) is 4.74 Å². The van der Waals surface area contributed by atoms with Gasteiger partial charge in [0.25, 0.3) is 5.56 Å². The van der Waals surface area contributed by atoms with Gasteiger partial charge in [0.15, 0.2) is 0 Å². The molecule has 1 heterocycles. The number of amides is 2. The van der Waals surface area contributed by atoms with E-state index in [9.17, 15) is 9.59 Å². The number of pyridine rings is 1. The summed E-state index contributed by atoms with van der Waals surface area (Å²) in [6.07, 6.45) is 1.71. The number of urea groups is 1. The molecule has 0 aliphatic carbocycles. The van der Waals surface area contributed by atoms with E-state index in [1.807, 2.05) is 51.1 Å². The Balaban J connectivity index is 1.92. The lowest BCUT2D eigenvalue weighted by Crippen LogP contribution is -2.25. The number of ether oxygens (including phenoxy) is 1. The molecule has 6 nitrogen and oxygen atoms in total. The molecule has 28 heavy (non-hydrogen) atoms. The van der Waals surface area contributed by atoms with Crippen molar-refractivity contribution >= 4 is 28.2 Å². The van der Waals surface area contributed by atoms with E-state index in [-0.39, 0.29) is 5.56 Å². The van der Waals surface area contributed by atoms with Crippen LogP contribution in [0.25, 0.3) is 10.8 Å². The summed E-state index contributed by atoms with van der Waals surface area (Å²) in [6.45, 7) is 7.07. The molecule has 6 heteroatoms. The minimum atomic E-state index is -0.396. The minimum Gasteiger partial charge on any atom is -0.492 e. The zero-order valence-corrected chi connectivity index (χ0v) is 16.4. The quantitative estimate of drug-likeness (QED) is 0.652. The molecule has 3 rings (SSSR count). The highest BCUT2D eigenvalue weighted by molar-refractivity contribution is 6.06. The maximum Gasteiger partial charge on any atom is 0.323 e. The van der Waals surface area contributed by atoms with Gasteiger partial charge in [-0.1, -0.05) is 44.2 Å². The number of anilines is 2. The Kier molecular flexibility index (Phi) is 5.99. The standard InChI is InChI=1S/C22H25N3O3/c1-4-28-20-12-8-7-11-18(20)23-22(27)24-19-14-25(13-15(2)3)21(26)17-10-6-5-9-16(17)19/h5-12,14-15H,4,13H2,1-3H3,(H2,23,24,27). The van der Waals surface area contributed by atoms with Crippen molar-refractivity contribution in [3.63, 3.8) is 0 Å². The molecule has 0 atom stereocenters. The van der Waals surface area contributed by atoms with Crippen LogP contribution in [0.15, 0.2) is 59.5 Å². The van der Waals surface area contributed by atoms with E-state index < -0.39 is 6.03 Å². The second kappa shape index (κ2) is 8.61. The van der Waals surface area contributed by atoms with Gasteiger partial charge in [-0.2, -0.15) is 0 Å². The molecule has 3 aromatic rings. The van der Waals surface area contributed by atoms with Gasteiger partial charge in [0.2, 0.25) is 0 Å². The number of para-hydroxylation sites is 2. The highest BCUT2D eigenvalue weighted by atomic mass is 16.5. The average molecular weight is 379 g/mol. The van der Waals surface area contributed by atoms with E-state index in [0.717, 1.165) is 0 Å². The molecule has 0 spiro atoms. The molecule has 0 saturated heterocycles. The van der Waals surface area contributed by atoms with Crippen molar-refractivity contribution in [2.75, 3.05) is 17.2 Å². The van der Waals surface area contributed by atoms with Crippen LogP contribution in [-0.4, -0.2) is 17.2 Å². The molecule has 0 aliphatic heterocycles. The van der Waals surface area contributed by atoms with Crippen LogP contribution in [0.4, 0.5) is 16.2 Å². The van der Waals surface area contributed by atoms with Gasteiger partial charge in [0.05, 0.1) is 18.0 Å². The van der Waals surface area contributed by atoms with Crippen molar-refractivity contribution in [1.29, 1.82) is 0 Å². The zero-order chi connectivity index (χ0) is 20.1. The summed E-state index contributed by atoms with van der Waals surface area (Å²) in [4.78, 5) is 25.4. The number of nitrogens with one attached hydrogen (secondary N) is 2. The number of hydrogen-bond acceptors (Lipinski definition) is 3. The first-order valence-corrected chi connectivity index (χ1v) is 9.41. The molecule has 0 aliphatic rings. The summed E-state index contributed by atoms with van der Waals surface area (Å²) in [5.41, 5.74) is 1.11. The van der Waals surface area contributed by atoms with Crippen LogP contribution < -0.4 is 20.9 Å². The summed E-state index contributed by atoms with van der Waals surface area (Å²) in [5.74, 6) is 0.911. The lowest BCUT2D eigenvalue weighted by Gasteiger charge is -2.16. The van der Waals surface area contributed by atoms with Crippen molar-refractivity contribution in [1.82, 2.24) is 4.57 Å². The predicted octanol–water partition coefficient (Wildman–Crippen LogP) is 4.70. The molecule has 0 fully saturated rings. The molecule has 0 saturated carbocycles. The zero-order valence-electron chi connectivity index (χ0n) is 16.4. The highest BCUT2D eigenvalue weighted by Gasteiger charge is 2.13. The predicted molar refractivity (Wildman–Crippen MR) is 113 cm³/mol. The fourth-order valence-electron chi connectivity index (χ4n) is 3.10. The summed E-state index contributed by atoms with van der Waals surface area (Å²) in [7, 11) is 0. The van der Waals surface area contributed by atoms with Crippen LogP contribution in [0.5, 0.6) is 5.75 Å². The third-order valence-corrected chi connectivity index (χ3v) is 4.24. The summed E-state index contributed by atoms with van der Waals surface area (Å²) < 4.78 is 7.20. The fourth-order valence-corrected chi connectivity index (χ4v) is 3.10. The van der Waals surface area contributed by atoms with Crippen LogP contribution in [0.1, 0.15) is 20.8 Å². The van der Waals surface area contributed by atoms with E-state index in [1.54, 1.807) is 29.0 Å². The van der Waals surface area contributed by atoms with E-state index >= 15 is 0 Å². The molecule has 2 aromatic carbocycles. The minimum absolute atomic E-state index is 0.0584. The van der Waals surface area contributed by atoms with Crippen LogP contribution in [0, 0.1) is 5.92 Å². The SMILES string of the molecule is CCOc1ccccc1NC(=O)Nc1cn(CC(C)C)c(=O)c2ccccc12. The Bertz CT molecular complexity index is 1040. The topological polar surface area (TPSA) is 72.4 Å². The smallest absolute Gasteiger partial charge is 0.323 e. The van der Waals surface area contributed by atoms with Crippen LogP contribution in [0.3, 0.4) is 0 Å². The maximum absolute atomic E-state index is 12.7. The first-order chi connectivity index (χ1) is 13.5. The van der Waals surface area contributed by atoms with Gasteiger partial charge in [-0.05, 0) is 31.0 Å². The van der Waals surface area contributed by atoms with Gasteiger partial charge < -0.3 is 19.9 Å². The summed E-state index contributed by atoms with van der Waals surface area (Å²) >= 11 is 0. The van der Waals surface area contributed by atoms with Crippen LogP contribution in [0.2, 0.25) is 0 Å². The Morgan fingerprint density at radius 3 is 2.36 bits per heavy atom. The molecule has 2 N–H and O–H groups in total. The normalized spacial score (nSPS) is 10.9. The number of rotatable bonds is 6. The van der Waals surface area contributed by atoms with E-state index in [1.165, 1.54) is 0 Å². The molecule has 0 radical (unpaired) electrons. The van der Waals surface area contributed by atoms with E-state index in [0.29, 0.717) is 47.0 Å². The first kappa shape index (κ1) is 19.5. The van der Waals surface area contributed by atoms with Crippen molar-refractivity contribution in [2.45, 2.75) is 27.3 Å². The lowest BCUT2D eigenvalue weighted by molar-refractivity contribution is 0.262. The van der Waals surface area contributed by atoms with Gasteiger partial charge in [-0.3, -0.25) is 4.79 Å². The molecule has 2 amide bonds. The number of benzene rings is 2. The third-order valence-electron chi connectivity index (χ3n) is 4.24. The summed E-state index contributed by atoms with van der Waals surface area (Å²) in [6, 6.07) is 14.2. The molecular weight excluding hydrogens is 354 g/mol. The Morgan fingerprint density at radius 2 is 1.64 bits per heavy atom. The third kappa shape index (κ3) is 4.34. The van der Waals surface area contributed by atoms with Gasteiger partial charge in [-0.15, -0.1) is 0 Å².